The molecule has 2 aliphatic rings. The predicted molar refractivity (Wildman–Crippen MR) is 83.5 cm³/mol. The normalized spacial score (nSPS) is 23.9. The number of rotatable bonds is 6. The van der Waals surface area contributed by atoms with Crippen LogP contribution in [-0.4, -0.2) is 37.1 Å². The van der Waals surface area contributed by atoms with Gasteiger partial charge in [0.2, 0.25) is 0 Å². The lowest BCUT2D eigenvalue weighted by Gasteiger charge is -2.43. The maximum Gasteiger partial charge on any atom is 0.0165 e. The quantitative estimate of drug-likeness (QED) is 0.738. The van der Waals surface area contributed by atoms with Gasteiger partial charge in [-0.25, -0.2) is 0 Å². The molecule has 0 aromatic rings. The first-order chi connectivity index (χ1) is 9.13. The van der Waals surface area contributed by atoms with Crippen LogP contribution in [0.2, 0.25) is 0 Å². The molecule has 19 heavy (non-hydrogen) atoms. The van der Waals surface area contributed by atoms with Crippen molar-refractivity contribution < 1.29 is 0 Å². The van der Waals surface area contributed by atoms with E-state index in [4.69, 9.17) is 0 Å². The summed E-state index contributed by atoms with van der Waals surface area (Å²) in [6, 6.07) is 0.770. The van der Waals surface area contributed by atoms with E-state index in [-0.39, 0.29) is 0 Å². The molecule has 0 aromatic heterocycles. The molecule has 1 saturated heterocycles. The summed E-state index contributed by atoms with van der Waals surface area (Å²) in [4.78, 5) is 2.59. The van der Waals surface area contributed by atoms with Crippen LogP contribution in [0.4, 0.5) is 0 Å². The van der Waals surface area contributed by atoms with Gasteiger partial charge in [-0.15, -0.1) is 0 Å². The molecule has 1 N–H and O–H groups in total. The number of likely N-dealkylation sites (tertiary alicyclic amines) is 1. The summed E-state index contributed by atoms with van der Waals surface area (Å²) in [6.07, 6.45) is 10.7. The molecule has 1 heterocycles. The van der Waals surface area contributed by atoms with Crippen molar-refractivity contribution in [2.45, 2.75) is 65.3 Å². The third-order valence-corrected chi connectivity index (χ3v) is 5.28. The van der Waals surface area contributed by atoms with E-state index < -0.39 is 0 Å². The van der Waals surface area contributed by atoms with Gasteiger partial charge in [0.25, 0.3) is 0 Å². The largest absolute Gasteiger partial charge is 0.313 e. The molecule has 1 saturated carbocycles. The highest BCUT2D eigenvalue weighted by Gasteiger charge is 2.35. The smallest absolute Gasteiger partial charge is 0.0165 e. The van der Waals surface area contributed by atoms with Crippen LogP contribution >= 0.6 is 0 Å². The van der Waals surface area contributed by atoms with E-state index in [2.05, 4.69) is 37.1 Å². The summed E-state index contributed by atoms with van der Waals surface area (Å²) in [6.45, 7) is 11.7. The first-order valence-electron chi connectivity index (χ1n) is 8.23. The molecular weight excluding hydrogens is 232 g/mol. The van der Waals surface area contributed by atoms with Gasteiger partial charge in [-0.3, -0.25) is 4.90 Å². The average molecular weight is 264 g/mol. The summed E-state index contributed by atoms with van der Waals surface area (Å²) >= 11 is 0. The van der Waals surface area contributed by atoms with Crippen LogP contribution in [0.15, 0.2) is 11.6 Å². The SMILES string of the molecule is CCC1(CNC2CCN(CC=C(C)C)CC2)CCC1. The monoisotopic (exact) mass is 264 g/mol. The van der Waals surface area contributed by atoms with Crippen molar-refractivity contribution in [3.05, 3.63) is 11.6 Å². The summed E-state index contributed by atoms with van der Waals surface area (Å²) < 4.78 is 0. The van der Waals surface area contributed by atoms with Crippen molar-refractivity contribution in [2.75, 3.05) is 26.2 Å². The maximum absolute atomic E-state index is 3.86. The number of hydrogen-bond acceptors (Lipinski definition) is 2. The minimum absolute atomic E-state index is 0.666. The van der Waals surface area contributed by atoms with Crippen molar-refractivity contribution in [3.8, 4) is 0 Å². The van der Waals surface area contributed by atoms with Crippen molar-refractivity contribution in [1.82, 2.24) is 10.2 Å². The summed E-state index contributed by atoms with van der Waals surface area (Å²) in [5.74, 6) is 0. The van der Waals surface area contributed by atoms with E-state index in [9.17, 15) is 0 Å². The fraction of sp³-hybridized carbons (Fsp3) is 0.882. The van der Waals surface area contributed by atoms with Crippen LogP contribution in [0.1, 0.15) is 59.3 Å². The van der Waals surface area contributed by atoms with Gasteiger partial charge in [-0.1, -0.05) is 25.0 Å². The Morgan fingerprint density at radius 1 is 1.26 bits per heavy atom. The molecule has 0 aromatic carbocycles. The maximum atomic E-state index is 3.86. The molecule has 0 amide bonds. The molecule has 0 radical (unpaired) electrons. The molecule has 0 spiro atoms. The molecule has 110 valence electrons. The number of nitrogens with zero attached hydrogens (tertiary/aromatic N) is 1. The van der Waals surface area contributed by atoms with E-state index in [1.807, 2.05) is 0 Å². The van der Waals surface area contributed by atoms with Crippen LogP contribution in [0, 0.1) is 5.41 Å². The van der Waals surface area contributed by atoms with Gasteiger partial charge < -0.3 is 5.32 Å². The number of hydrogen-bond donors (Lipinski definition) is 1. The van der Waals surface area contributed by atoms with Crippen LogP contribution in [0.5, 0.6) is 0 Å². The Hall–Kier alpha value is -0.340. The van der Waals surface area contributed by atoms with Crippen molar-refractivity contribution in [3.63, 3.8) is 0 Å². The average Bonchev–Trinajstić information content (AvgIpc) is 2.37. The van der Waals surface area contributed by atoms with E-state index in [0.29, 0.717) is 5.41 Å². The minimum Gasteiger partial charge on any atom is -0.313 e. The first kappa shape index (κ1) is 15.1. The number of piperidine rings is 1. The van der Waals surface area contributed by atoms with Gasteiger partial charge in [0.1, 0.15) is 0 Å². The Morgan fingerprint density at radius 2 is 1.95 bits per heavy atom. The van der Waals surface area contributed by atoms with E-state index in [1.54, 1.807) is 0 Å². The number of allylic oxidation sites excluding steroid dienone is 1. The summed E-state index contributed by atoms with van der Waals surface area (Å²) in [5.41, 5.74) is 2.11. The Morgan fingerprint density at radius 3 is 2.42 bits per heavy atom. The van der Waals surface area contributed by atoms with Crippen molar-refractivity contribution >= 4 is 0 Å². The van der Waals surface area contributed by atoms with Gasteiger partial charge in [-0.05, 0) is 64.5 Å². The zero-order valence-corrected chi connectivity index (χ0v) is 13.2. The molecule has 0 bridgehead atoms. The lowest BCUT2D eigenvalue weighted by atomic mass is 9.67. The minimum atomic E-state index is 0.666. The highest BCUT2D eigenvalue weighted by atomic mass is 15.1. The van der Waals surface area contributed by atoms with E-state index in [0.717, 1.165) is 12.6 Å². The molecule has 2 fully saturated rings. The van der Waals surface area contributed by atoms with Crippen LogP contribution in [0.25, 0.3) is 0 Å². The van der Waals surface area contributed by atoms with Gasteiger partial charge in [0.15, 0.2) is 0 Å². The molecule has 1 aliphatic carbocycles. The second-order valence-corrected chi connectivity index (χ2v) is 6.94. The molecule has 0 unspecified atom stereocenters. The molecule has 2 heteroatoms. The summed E-state index contributed by atoms with van der Waals surface area (Å²) in [7, 11) is 0. The fourth-order valence-corrected chi connectivity index (χ4v) is 3.32. The van der Waals surface area contributed by atoms with Crippen LogP contribution in [0.3, 0.4) is 0 Å². The molecule has 0 atom stereocenters. The van der Waals surface area contributed by atoms with Gasteiger partial charge in [0, 0.05) is 19.1 Å². The second kappa shape index (κ2) is 6.90. The van der Waals surface area contributed by atoms with Gasteiger partial charge in [0.05, 0.1) is 0 Å². The van der Waals surface area contributed by atoms with E-state index in [1.165, 1.54) is 63.7 Å². The highest BCUT2D eigenvalue weighted by molar-refractivity contribution is 4.96. The standard InChI is InChI=1S/C17H32N2/c1-4-17(9-5-10-17)14-18-16-7-12-19(13-8-16)11-6-15(2)3/h6,16,18H,4-5,7-14H2,1-3H3. The lowest BCUT2D eigenvalue weighted by Crippen LogP contribution is -2.47. The van der Waals surface area contributed by atoms with Crippen LogP contribution < -0.4 is 5.32 Å². The highest BCUT2D eigenvalue weighted by Crippen LogP contribution is 2.43. The molecular formula is C17H32N2. The second-order valence-electron chi connectivity index (χ2n) is 6.94. The van der Waals surface area contributed by atoms with Gasteiger partial charge >= 0.3 is 0 Å². The van der Waals surface area contributed by atoms with Crippen molar-refractivity contribution in [2.24, 2.45) is 5.41 Å². The fourth-order valence-electron chi connectivity index (χ4n) is 3.32. The third kappa shape index (κ3) is 4.32. The summed E-state index contributed by atoms with van der Waals surface area (Å²) in [5, 5.41) is 3.86. The number of nitrogens with one attached hydrogen (secondary N) is 1. The Balaban J connectivity index is 1.65. The van der Waals surface area contributed by atoms with E-state index >= 15 is 0 Å². The van der Waals surface area contributed by atoms with Gasteiger partial charge in [-0.2, -0.15) is 0 Å². The van der Waals surface area contributed by atoms with Crippen molar-refractivity contribution in [1.29, 1.82) is 0 Å². The molecule has 1 aliphatic heterocycles. The Bertz CT molecular complexity index is 287. The van der Waals surface area contributed by atoms with Crippen LogP contribution in [-0.2, 0) is 0 Å². The third-order valence-electron chi connectivity index (χ3n) is 5.28. The lowest BCUT2D eigenvalue weighted by molar-refractivity contribution is 0.110. The Labute approximate surface area is 119 Å². The zero-order chi connectivity index (χ0) is 13.7. The predicted octanol–water partition coefficient (Wildman–Crippen LogP) is 3.59. The molecule has 2 rings (SSSR count). The topological polar surface area (TPSA) is 15.3 Å². The molecule has 2 nitrogen and oxygen atoms in total. The Kier molecular flexibility index (Phi) is 5.47. The zero-order valence-electron chi connectivity index (χ0n) is 13.2. The first-order valence-corrected chi connectivity index (χ1v) is 8.23.